The summed E-state index contributed by atoms with van der Waals surface area (Å²) >= 11 is 0. The smallest absolute Gasteiger partial charge is 0.119 e. The van der Waals surface area contributed by atoms with Gasteiger partial charge in [0.05, 0.1) is 0 Å². The van der Waals surface area contributed by atoms with E-state index in [0.29, 0.717) is 19.2 Å². The average Bonchev–Trinajstić information content (AvgIpc) is 3.25. The molecule has 2 aromatic rings. The van der Waals surface area contributed by atoms with Crippen LogP contribution in [-0.2, 0) is 19.5 Å². The number of nitrogens with zero attached hydrogens (tertiary/aromatic N) is 1. The Balaban J connectivity index is 1.19. The van der Waals surface area contributed by atoms with Gasteiger partial charge in [0, 0.05) is 32.2 Å². The molecular formula is C24H32N2O2. The molecule has 1 atom stereocenters. The molecule has 1 fully saturated rings. The Morgan fingerprint density at radius 3 is 2.57 bits per heavy atom. The van der Waals surface area contributed by atoms with E-state index in [1.165, 1.54) is 42.4 Å². The molecule has 0 aromatic heterocycles. The lowest BCUT2D eigenvalue weighted by Gasteiger charge is -2.30. The summed E-state index contributed by atoms with van der Waals surface area (Å²) in [6.45, 7) is 3.81. The van der Waals surface area contributed by atoms with Crippen molar-refractivity contribution in [3.63, 3.8) is 0 Å². The highest BCUT2D eigenvalue weighted by molar-refractivity contribution is 5.29. The van der Waals surface area contributed by atoms with Crippen molar-refractivity contribution >= 4 is 0 Å². The van der Waals surface area contributed by atoms with Crippen LogP contribution in [0.1, 0.15) is 42.4 Å². The zero-order valence-corrected chi connectivity index (χ0v) is 16.6. The predicted molar refractivity (Wildman–Crippen MR) is 112 cm³/mol. The van der Waals surface area contributed by atoms with Crippen LogP contribution in [0, 0.1) is 0 Å². The highest BCUT2D eigenvalue weighted by Gasteiger charge is 2.18. The van der Waals surface area contributed by atoms with Crippen molar-refractivity contribution in [2.75, 3.05) is 19.7 Å². The normalized spacial score (nSPS) is 18.8. The number of ether oxygens (including phenoxy) is 1. The minimum absolute atomic E-state index is 0.331. The zero-order chi connectivity index (χ0) is 19.2. The second-order valence-electron chi connectivity index (χ2n) is 8.22. The van der Waals surface area contributed by atoms with Gasteiger partial charge in [-0.2, -0.15) is 0 Å². The summed E-state index contributed by atoms with van der Waals surface area (Å²) in [4.78, 5) is 2.31. The van der Waals surface area contributed by atoms with E-state index in [0.717, 1.165) is 31.8 Å². The van der Waals surface area contributed by atoms with Crippen LogP contribution < -0.4 is 10.1 Å². The second kappa shape index (κ2) is 9.55. The Hall–Kier alpha value is -1.88. The molecule has 1 aliphatic heterocycles. The fourth-order valence-electron chi connectivity index (χ4n) is 4.35. The van der Waals surface area contributed by atoms with Crippen LogP contribution in [0.15, 0.2) is 48.5 Å². The van der Waals surface area contributed by atoms with Crippen LogP contribution in [0.4, 0.5) is 0 Å². The first kappa shape index (κ1) is 19.4. The number of rotatable bonds is 8. The third kappa shape index (κ3) is 5.34. The van der Waals surface area contributed by atoms with Crippen molar-refractivity contribution in [3.05, 3.63) is 65.2 Å². The summed E-state index contributed by atoms with van der Waals surface area (Å²) < 4.78 is 5.81. The number of nitrogens with one attached hydrogen (secondary N) is 1. The lowest BCUT2D eigenvalue weighted by molar-refractivity contribution is 0.0638. The Kier molecular flexibility index (Phi) is 6.63. The number of hydrogen-bond acceptors (Lipinski definition) is 4. The molecule has 1 unspecified atom stereocenters. The molecule has 4 heteroatoms. The standard InChI is InChI=1S/C24H32N2O2/c27-23(17-26-14-13-20-5-1-2-6-21(20)16-26)18-28-24-11-9-19(10-12-24)15-25-22-7-3-4-8-22/h1-2,5-6,9-12,22-23,25,27H,3-4,7-8,13-18H2. The summed E-state index contributed by atoms with van der Waals surface area (Å²) in [5.74, 6) is 0.827. The number of hydrogen-bond donors (Lipinski definition) is 2. The summed E-state index contributed by atoms with van der Waals surface area (Å²) in [5.41, 5.74) is 4.10. The van der Waals surface area contributed by atoms with Gasteiger partial charge in [-0.25, -0.2) is 0 Å². The van der Waals surface area contributed by atoms with Crippen molar-refractivity contribution in [1.29, 1.82) is 0 Å². The van der Waals surface area contributed by atoms with Gasteiger partial charge in [-0.05, 0) is 48.1 Å². The molecule has 0 spiro atoms. The quantitative estimate of drug-likeness (QED) is 0.736. The molecule has 0 bridgehead atoms. The molecule has 1 saturated carbocycles. The van der Waals surface area contributed by atoms with Crippen LogP contribution in [0.2, 0.25) is 0 Å². The third-order valence-electron chi connectivity index (χ3n) is 5.99. The van der Waals surface area contributed by atoms with Crippen LogP contribution in [0.5, 0.6) is 5.75 Å². The van der Waals surface area contributed by atoms with Crippen LogP contribution in [-0.4, -0.2) is 41.8 Å². The van der Waals surface area contributed by atoms with Crippen molar-refractivity contribution in [2.24, 2.45) is 0 Å². The van der Waals surface area contributed by atoms with E-state index in [4.69, 9.17) is 4.74 Å². The van der Waals surface area contributed by atoms with E-state index < -0.39 is 6.10 Å². The van der Waals surface area contributed by atoms with E-state index in [1.54, 1.807) is 0 Å². The van der Waals surface area contributed by atoms with Gasteiger partial charge in [0.1, 0.15) is 18.5 Å². The molecule has 1 aliphatic carbocycles. The van der Waals surface area contributed by atoms with Crippen LogP contribution in [0.3, 0.4) is 0 Å². The fourth-order valence-corrected chi connectivity index (χ4v) is 4.35. The maximum absolute atomic E-state index is 10.4. The first-order chi connectivity index (χ1) is 13.8. The molecule has 2 aliphatic rings. The monoisotopic (exact) mass is 380 g/mol. The maximum Gasteiger partial charge on any atom is 0.119 e. The Morgan fingerprint density at radius 2 is 1.79 bits per heavy atom. The van der Waals surface area contributed by atoms with Crippen molar-refractivity contribution in [2.45, 2.75) is 57.3 Å². The molecule has 1 heterocycles. The Morgan fingerprint density at radius 1 is 1.04 bits per heavy atom. The van der Waals surface area contributed by atoms with Crippen molar-refractivity contribution in [1.82, 2.24) is 10.2 Å². The minimum atomic E-state index is -0.478. The lowest BCUT2D eigenvalue weighted by Crippen LogP contribution is -2.38. The number of aliphatic hydroxyl groups is 1. The second-order valence-corrected chi connectivity index (χ2v) is 8.22. The molecule has 4 rings (SSSR count). The topological polar surface area (TPSA) is 44.7 Å². The Labute approximate surface area is 168 Å². The zero-order valence-electron chi connectivity index (χ0n) is 16.6. The first-order valence-electron chi connectivity index (χ1n) is 10.7. The lowest BCUT2D eigenvalue weighted by atomic mass is 10.00. The van der Waals surface area contributed by atoms with Crippen molar-refractivity contribution in [3.8, 4) is 5.75 Å². The summed E-state index contributed by atoms with van der Waals surface area (Å²) in [5, 5.41) is 14.0. The maximum atomic E-state index is 10.4. The van der Waals surface area contributed by atoms with Gasteiger partial charge in [-0.1, -0.05) is 49.2 Å². The molecule has 0 saturated heterocycles. The molecule has 0 amide bonds. The highest BCUT2D eigenvalue weighted by Crippen LogP contribution is 2.20. The Bertz CT molecular complexity index is 741. The van der Waals surface area contributed by atoms with Crippen LogP contribution >= 0.6 is 0 Å². The van der Waals surface area contributed by atoms with Gasteiger partial charge in [0.15, 0.2) is 0 Å². The average molecular weight is 381 g/mol. The van der Waals surface area contributed by atoms with E-state index in [9.17, 15) is 5.11 Å². The molecular weight excluding hydrogens is 348 g/mol. The number of benzene rings is 2. The fraction of sp³-hybridized carbons (Fsp3) is 0.500. The molecule has 150 valence electrons. The first-order valence-corrected chi connectivity index (χ1v) is 10.7. The van der Waals surface area contributed by atoms with E-state index in [2.05, 4.69) is 46.6 Å². The van der Waals surface area contributed by atoms with Crippen molar-refractivity contribution < 1.29 is 9.84 Å². The van der Waals surface area contributed by atoms with Crippen LogP contribution in [0.25, 0.3) is 0 Å². The van der Waals surface area contributed by atoms with Gasteiger partial charge in [0.2, 0.25) is 0 Å². The molecule has 28 heavy (non-hydrogen) atoms. The molecule has 4 nitrogen and oxygen atoms in total. The summed E-state index contributed by atoms with van der Waals surface area (Å²) in [7, 11) is 0. The number of aliphatic hydroxyl groups excluding tert-OH is 1. The molecule has 0 radical (unpaired) electrons. The van der Waals surface area contributed by atoms with Gasteiger partial charge in [0.25, 0.3) is 0 Å². The molecule has 2 aromatic carbocycles. The molecule has 2 N–H and O–H groups in total. The van der Waals surface area contributed by atoms with Gasteiger partial charge in [-0.15, -0.1) is 0 Å². The van der Waals surface area contributed by atoms with E-state index in [-0.39, 0.29) is 0 Å². The van der Waals surface area contributed by atoms with Gasteiger partial charge in [-0.3, -0.25) is 4.90 Å². The summed E-state index contributed by atoms with van der Waals surface area (Å²) in [6.07, 6.45) is 5.91. The van der Waals surface area contributed by atoms with Gasteiger partial charge >= 0.3 is 0 Å². The predicted octanol–water partition coefficient (Wildman–Crippen LogP) is 3.52. The third-order valence-corrected chi connectivity index (χ3v) is 5.99. The summed E-state index contributed by atoms with van der Waals surface area (Å²) in [6, 6.07) is 17.5. The van der Waals surface area contributed by atoms with E-state index >= 15 is 0 Å². The largest absolute Gasteiger partial charge is 0.491 e. The number of β-amino-alcohol motifs (C(OH)–C–C–N with tert-alkyl or cyclic N) is 1. The highest BCUT2D eigenvalue weighted by atomic mass is 16.5. The number of fused-ring (bicyclic) bond motifs is 1. The van der Waals surface area contributed by atoms with E-state index in [1.807, 2.05) is 12.1 Å². The minimum Gasteiger partial charge on any atom is -0.491 e. The van der Waals surface area contributed by atoms with Gasteiger partial charge < -0.3 is 15.2 Å². The SMILES string of the molecule is OC(COc1ccc(CNC2CCCC2)cc1)CN1CCc2ccccc2C1.